The minimum atomic E-state index is 0.108. The molecule has 1 N–H and O–H groups in total. The SMILES string of the molecule is CCCC(CCC)CC(=O)Nc1ccc(OC)cc1. The van der Waals surface area contributed by atoms with Crippen LogP contribution >= 0.6 is 0 Å². The average molecular weight is 263 g/mol. The lowest BCUT2D eigenvalue weighted by atomic mass is 9.94. The third-order valence-electron chi connectivity index (χ3n) is 3.24. The quantitative estimate of drug-likeness (QED) is 0.761. The first-order valence-corrected chi connectivity index (χ1v) is 7.13. The molecule has 0 aromatic heterocycles. The number of ether oxygens (including phenoxy) is 1. The van der Waals surface area contributed by atoms with Gasteiger partial charge in [-0.25, -0.2) is 0 Å². The van der Waals surface area contributed by atoms with Crippen LogP contribution in [0.3, 0.4) is 0 Å². The zero-order valence-electron chi connectivity index (χ0n) is 12.2. The van der Waals surface area contributed by atoms with Gasteiger partial charge in [0.1, 0.15) is 5.75 Å². The largest absolute Gasteiger partial charge is 0.497 e. The second kappa shape index (κ2) is 8.57. The second-order valence-corrected chi connectivity index (χ2v) is 4.92. The maximum absolute atomic E-state index is 12.0. The van der Waals surface area contributed by atoms with Crippen molar-refractivity contribution in [3.63, 3.8) is 0 Å². The van der Waals surface area contributed by atoms with Crippen LogP contribution in [0.5, 0.6) is 5.75 Å². The van der Waals surface area contributed by atoms with Crippen LogP contribution in [0.1, 0.15) is 46.0 Å². The van der Waals surface area contributed by atoms with Crippen LogP contribution < -0.4 is 10.1 Å². The van der Waals surface area contributed by atoms with E-state index in [1.807, 2.05) is 24.3 Å². The summed E-state index contributed by atoms with van der Waals surface area (Å²) in [4.78, 5) is 12.0. The number of methoxy groups -OCH3 is 1. The van der Waals surface area contributed by atoms with Crippen LogP contribution in [0.25, 0.3) is 0 Å². The fraction of sp³-hybridized carbons (Fsp3) is 0.562. The molecule has 0 bridgehead atoms. The van der Waals surface area contributed by atoms with Crippen molar-refractivity contribution >= 4 is 11.6 Å². The van der Waals surface area contributed by atoms with Crippen molar-refractivity contribution in [2.75, 3.05) is 12.4 Å². The smallest absolute Gasteiger partial charge is 0.224 e. The predicted molar refractivity (Wildman–Crippen MR) is 79.5 cm³/mol. The molecule has 0 saturated carbocycles. The molecule has 0 fully saturated rings. The summed E-state index contributed by atoms with van der Waals surface area (Å²) in [5.74, 6) is 1.41. The molecule has 1 aromatic rings. The van der Waals surface area contributed by atoms with Gasteiger partial charge in [-0.15, -0.1) is 0 Å². The van der Waals surface area contributed by atoms with Crippen molar-refractivity contribution in [1.82, 2.24) is 0 Å². The Morgan fingerprint density at radius 1 is 1.16 bits per heavy atom. The molecule has 3 nitrogen and oxygen atoms in total. The molecular weight excluding hydrogens is 238 g/mol. The van der Waals surface area contributed by atoms with Crippen LogP contribution in [0, 0.1) is 5.92 Å². The molecule has 106 valence electrons. The van der Waals surface area contributed by atoms with Gasteiger partial charge >= 0.3 is 0 Å². The number of hydrogen-bond donors (Lipinski definition) is 1. The maximum Gasteiger partial charge on any atom is 0.224 e. The summed E-state index contributed by atoms with van der Waals surface area (Å²) in [6, 6.07) is 7.44. The highest BCUT2D eigenvalue weighted by Gasteiger charge is 2.12. The third-order valence-corrected chi connectivity index (χ3v) is 3.24. The normalized spacial score (nSPS) is 10.5. The Kier molecular flexibility index (Phi) is 7.01. The van der Waals surface area contributed by atoms with Gasteiger partial charge in [0.15, 0.2) is 0 Å². The van der Waals surface area contributed by atoms with E-state index < -0.39 is 0 Å². The molecule has 0 atom stereocenters. The Bertz CT molecular complexity index is 367. The second-order valence-electron chi connectivity index (χ2n) is 4.92. The van der Waals surface area contributed by atoms with Crippen LogP contribution in [0.2, 0.25) is 0 Å². The van der Waals surface area contributed by atoms with Gasteiger partial charge in [0.05, 0.1) is 7.11 Å². The van der Waals surface area contributed by atoms with Crippen LogP contribution in [-0.2, 0) is 4.79 Å². The predicted octanol–water partition coefficient (Wildman–Crippen LogP) is 4.24. The van der Waals surface area contributed by atoms with E-state index in [0.717, 1.165) is 37.1 Å². The molecule has 0 unspecified atom stereocenters. The molecular formula is C16H25NO2. The number of anilines is 1. The highest BCUT2D eigenvalue weighted by atomic mass is 16.5. The van der Waals surface area contributed by atoms with Gasteiger partial charge in [0, 0.05) is 12.1 Å². The summed E-state index contributed by atoms with van der Waals surface area (Å²) in [6.07, 6.45) is 5.16. The monoisotopic (exact) mass is 263 g/mol. The van der Waals surface area contributed by atoms with Crippen molar-refractivity contribution in [3.05, 3.63) is 24.3 Å². The number of rotatable bonds is 8. The number of nitrogens with one attached hydrogen (secondary N) is 1. The lowest BCUT2D eigenvalue weighted by Crippen LogP contribution is -2.16. The van der Waals surface area contributed by atoms with Crippen molar-refractivity contribution < 1.29 is 9.53 Å². The van der Waals surface area contributed by atoms with Gasteiger partial charge < -0.3 is 10.1 Å². The zero-order valence-corrected chi connectivity index (χ0v) is 12.2. The molecule has 1 rings (SSSR count). The first kappa shape index (κ1) is 15.5. The minimum absolute atomic E-state index is 0.108. The van der Waals surface area contributed by atoms with Crippen molar-refractivity contribution in [2.45, 2.75) is 46.0 Å². The zero-order chi connectivity index (χ0) is 14.1. The Hall–Kier alpha value is -1.51. The standard InChI is InChI=1S/C16H25NO2/c1-4-6-13(7-5-2)12-16(18)17-14-8-10-15(19-3)11-9-14/h8-11,13H,4-7,12H2,1-3H3,(H,17,18). The summed E-state index contributed by atoms with van der Waals surface area (Å²) < 4.78 is 5.09. The van der Waals surface area contributed by atoms with E-state index in [1.54, 1.807) is 7.11 Å². The highest BCUT2D eigenvalue weighted by Crippen LogP contribution is 2.19. The Morgan fingerprint density at radius 2 is 1.74 bits per heavy atom. The summed E-state index contributed by atoms with van der Waals surface area (Å²) in [5.41, 5.74) is 0.831. The molecule has 0 heterocycles. The molecule has 0 aliphatic heterocycles. The summed E-state index contributed by atoms with van der Waals surface area (Å²) in [7, 11) is 1.63. The average Bonchev–Trinajstić information content (AvgIpc) is 2.40. The Labute approximate surface area is 116 Å². The lowest BCUT2D eigenvalue weighted by Gasteiger charge is -2.15. The van der Waals surface area contributed by atoms with Gasteiger partial charge in [-0.05, 0) is 30.2 Å². The van der Waals surface area contributed by atoms with E-state index in [-0.39, 0.29) is 5.91 Å². The highest BCUT2D eigenvalue weighted by molar-refractivity contribution is 5.90. The molecule has 0 aliphatic carbocycles. The number of benzene rings is 1. The van der Waals surface area contributed by atoms with Gasteiger partial charge in [0.25, 0.3) is 0 Å². The topological polar surface area (TPSA) is 38.3 Å². The first-order chi connectivity index (χ1) is 9.19. The molecule has 3 heteroatoms. The van der Waals surface area contributed by atoms with E-state index >= 15 is 0 Å². The molecule has 19 heavy (non-hydrogen) atoms. The van der Waals surface area contributed by atoms with E-state index in [1.165, 1.54) is 0 Å². The van der Waals surface area contributed by atoms with E-state index in [0.29, 0.717) is 12.3 Å². The Balaban J connectivity index is 2.48. The van der Waals surface area contributed by atoms with Gasteiger partial charge in [-0.2, -0.15) is 0 Å². The van der Waals surface area contributed by atoms with Gasteiger partial charge in [-0.3, -0.25) is 4.79 Å². The van der Waals surface area contributed by atoms with E-state index in [9.17, 15) is 4.79 Å². The third kappa shape index (κ3) is 5.77. The summed E-state index contributed by atoms with van der Waals surface area (Å²) >= 11 is 0. The molecule has 0 saturated heterocycles. The Morgan fingerprint density at radius 3 is 2.21 bits per heavy atom. The summed E-state index contributed by atoms with van der Waals surface area (Å²) in [6.45, 7) is 4.34. The van der Waals surface area contributed by atoms with Crippen molar-refractivity contribution in [3.8, 4) is 5.75 Å². The van der Waals surface area contributed by atoms with Crippen LogP contribution in [0.15, 0.2) is 24.3 Å². The molecule has 1 aromatic carbocycles. The summed E-state index contributed by atoms with van der Waals surface area (Å²) in [5, 5.41) is 2.95. The number of hydrogen-bond acceptors (Lipinski definition) is 2. The number of amides is 1. The van der Waals surface area contributed by atoms with Crippen LogP contribution in [-0.4, -0.2) is 13.0 Å². The molecule has 0 spiro atoms. The maximum atomic E-state index is 12.0. The van der Waals surface area contributed by atoms with Crippen molar-refractivity contribution in [2.24, 2.45) is 5.92 Å². The van der Waals surface area contributed by atoms with Crippen LogP contribution in [0.4, 0.5) is 5.69 Å². The minimum Gasteiger partial charge on any atom is -0.497 e. The van der Waals surface area contributed by atoms with Gasteiger partial charge in [-0.1, -0.05) is 39.5 Å². The number of carbonyl (C=O) groups excluding carboxylic acids is 1. The molecule has 0 aliphatic rings. The fourth-order valence-electron chi connectivity index (χ4n) is 2.31. The number of carbonyl (C=O) groups is 1. The van der Waals surface area contributed by atoms with E-state index in [4.69, 9.17) is 4.74 Å². The van der Waals surface area contributed by atoms with Crippen molar-refractivity contribution in [1.29, 1.82) is 0 Å². The van der Waals surface area contributed by atoms with E-state index in [2.05, 4.69) is 19.2 Å². The lowest BCUT2D eigenvalue weighted by molar-refractivity contribution is -0.117. The van der Waals surface area contributed by atoms with Gasteiger partial charge in [0.2, 0.25) is 5.91 Å². The molecule has 0 radical (unpaired) electrons. The fourth-order valence-corrected chi connectivity index (χ4v) is 2.31. The first-order valence-electron chi connectivity index (χ1n) is 7.13. The molecule has 1 amide bonds.